The zero-order chi connectivity index (χ0) is 25.2. The van der Waals surface area contributed by atoms with Gasteiger partial charge < -0.3 is 15.2 Å². The topological polar surface area (TPSA) is 106 Å². The Kier molecular flexibility index (Phi) is 6.87. The molecule has 1 aliphatic carbocycles. The van der Waals surface area contributed by atoms with Crippen LogP contribution in [0.3, 0.4) is 0 Å². The maximum Gasteiger partial charge on any atom is 0.339 e. The molecule has 0 aliphatic heterocycles. The third-order valence-corrected chi connectivity index (χ3v) is 7.23. The number of aromatic carboxylic acids is 1. The van der Waals surface area contributed by atoms with Crippen molar-refractivity contribution in [1.29, 1.82) is 0 Å². The number of amides is 1. The van der Waals surface area contributed by atoms with Gasteiger partial charge in [0.05, 0.1) is 16.6 Å². The van der Waals surface area contributed by atoms with Crippen LogP contribution in [0, 0.1) is 11.3 Å². The summed E-state index contributed by atoms with van der Waals surface area (Å²) in [6.45, 7) is 6.27. The quantitative estimate of drug-likeness (QED) is 0.452. The van der Waals surface area contributed by atoms with Crippen molar-refractivity contribution in [2.24, 2.45) is 11.3 Å². The molecule has 3 aromatic rings. The van der Waals surface area contributed by atoms with Crippen molar-refractivity contribution < 1.29 is 24.2 Å². The Morgan fingerprint density at radius 3 is 2.51 bits per heavy atom. The molecule has 1 amide bonds. The van der Waals surface area contributed by atoms with Crippen LogP contribution in [0.25, 0.3) is 10.9 Å². The van der Waals surface area contributed by atoms with Crippen LogP contribution in [0.2, 0.25) is 0 Å². The first kappa shape index (κ1) is 24.4. The van der Waals surface area contributed by atoms with E-state index in [2.05, 4.69) is 26.1 Å². The molecule has 1 heterocycles. The van der Waals surface area contributed by atoms with Crippen LogP contribution in [0.5, 0.6) is 0 Å². The van der Waals surface area contributed by atoms with Gasteiger partial charge in [-0.2, -0.15) is 0 Å². The summed E-state index contributed by atoms with van der Waals surface area (Å²) in [5.41, 5.74) is 3.79. The zero-order valence-electron chi connectivity index (χ0n) is 20.3. The average Bonchev–Trinajstić information content (AvgIpc) is 2.85. The van der Waals surface area contributed by atoms with E-state index in [9.17, 15) is 14.4 Å². The highest BCUT2D eigenvalue weighted by atomic mass is 16.5. The Morgan fingerprint density at radius 1 is 1.11 bits per heavy atom. The summed E-state index contributed by atoms with van der Waals surface area (Å²) in [7, 11) is 0. The molecule has 2 N–H and O–H groups in total. The van der Waals surface area contributed by atoms with Crippen molar-refractivity contribution in [2.45, 2.75) is 46.5 Å². The first-order valence-corrected chi connectivity index (χ1v) is 11.9. The van der Waals surface area contributed by atoms with Crippen molar-refractivity contribution >= 4 is 34.4 Å². The normalized spacial score (nSPS) is 15.3. The highest BCUT2D eigenvalue weighted by Crippen LogP contribution is 2.41. The van der Waals surface area contributed by atoms with Crippen molar-refractivity contribution in [3.63, 3.8) is 0 Å². The number of rotatable bonds is 7. The first-order valence-electron chi connectivity index (χ1n) is 11.9. The smallest absolute Gasteiger partial charge is 0.339 e. The molecular formula is C28H30N2O5. The average molecular weight is 475 g/mol. The number of benzene rings is 2. The fourth-order valence-electron chi connectivity index (χ4n) is 4.67. The van der Waals surface area contributed by atoms with Crippen LogP contribution < -0.4 is 5.32 Å². The third-order valence-electron chi connectivity index (χ3n) is 7.23. The highest BCUT2D eigenvalue weighted by molar-refractivity contribution is 6.06. The van der Waals surface area contributed by atoms with Gasteiger partial charge in [0.15, 0.2) is 6.61 Å². The molecule has 1 aliphatic rings. The van der Waals surface area contributed by atoms with Gasteiger partial charge in [-0.15, -0.1) is 0 Å². The van der Waals surface area contributed by atoms with Crippen molar-refractivity contribution in [3.8, 4) is 0 Å². The zero-order valence-corrected chi connectivity index (χ0v) is 20.3. The second-order valence-electron chi connectivity index (χ2n) is 9.72. The van der Waals surface area contributed by atoms with Crippen molar-refractivity contribution in [1.82, 2.24) is 4.98 Å². The van der Waals surface area contributed by atoms with E-state index in [1.807, 2.05) is 24.3 Å². The van der Waals surface area contributed by atoms with Gasteiger partial charge in [0.2, 0.25) is 0 Å². The van der Waals surface area contributed by atoms with E-state index in [1.54, 1.807) is 0 Å². The Hall–Kier alpha value is -3.74. The van der Waals surface area contributed by atoms with Crippen molar-refractivity contribution in [3.05, 3.63) is 70.9 Å². The number of esters is 1. The number of carboxylic acids is 1. The second kappa shape index (κ2) is 9.86. The number of nitrogens with zero attached hydrogens (tertiary/aromatic N) is 1. The Morgan fingerprint density at radius 2 is 1.83 bits per heavy atom. The monoisotopic (exact) mass is 474 g/mol. The summed E-state index contributed by atoms with van der Waals surface area (Å²) >= 11 is 0. The number of aryl methyl sites for hydroxylation is 1. The number of anilines is 1. The lowest BCUT2D eigenvalue weighted by Crippen LogP contribution is -2.31. The van der Waals surface area contributed by atoms with Gasteiger partial charge in [-0.05, 0) is 66.5 Å². The summed E-state index contributed by atoms with van der Waals surface area (Å²) < 4.78 is 5.47. The molecule has 7 nitrogen and oxygen atoms in total. The largest absolute Gasteiger partial charge is 0.478 e. The number of aromatic nitrogens is 1. The molecule has 0 bridgehead atoms. The molecule has 0 fully saturated rings. The first-order chi connectivity index (χ1) is 16.7. The fraction of sp³-hybridized carbons (Fsp3) is 0.357. The number of fused-ring (bicyclic) bond motifs is 2. The van der Waals surface area contributed by atoms with Gasteiger partial charge in [0.1, 0.15) is 0 Å². The van der Waals surface area contributed by atoms with E-state index < -0.39 is 24.5 Å². The highest BCUT2D eigenvalue weighted by Gasteiger charge is 2.34. The van der Waals surface area contributed by atoms with Gasteiger partial charge >= 0.3 is 11.9 Å². The number of para-hydroxylation sites is 1. The van der Waals surface area contributed by atoms with Crippen LogP contribution in [0.15, 0.2) is 48.5 Å². The summed E-state index contributed by atoms with van der Waals surface area (Å²) in [4.78, 5) is 41.6. The molecule has 4 rings (SSSR count). The van der Waals surface area contributed by atoms with E-state index in [0.29, 0.717) is 17.2 Å². The number of carbonyl (C=O) groups is 3. The summed E-state index contributed by atoms with van der Waals surface area (Å²) in [6.07, 6.45) is 3.63. The van der Waals surface area contributed by atoms with Crippen LogP contribution in [-0.4, -0.2) is 34.5 Å². The van der Waals surface area contributed by atoms with Gasteiger partial charge in [-0.3, -0.25) is 9.78 Å². The van der Waals surface area contributed by atoms with E-state index in [4.69, 9.17) is 14.8 Å². The van der Waals surface area contributed by atoms with Gasteiger partial charge in [0.25, 0.3) is 5.91 Å². The molecule has 1 atom stereocenters. The summed E-state index contributed by atoms with van der Waals surface area (Å²) in [6, 6.07) is 13.3. The number of carboxylic acid groups (broad SMARTS) is 1. The van der Waals surface area contributed by atoms with Crippen LogP contribution in [0.1, 0.15) is 65.6 Å². The molecule has 35 heavy (non-hydrogen) atoms. The molecule has 2 aromatic carbocycles. The minimum Gasteiger partial charge on any atom is -0.478 e. The van der Waals surface area contributed by atoms with Crippen molar-refractivity contribution in [2.75, 3.05) is 11.9 Å². The van der Waals surface area contributed by atoms with E-state index in [-0.39, 0.29) is 11.0 Å². The fourth-order valence-corrected chi connectivity index (χ4v) is 4.67. The predicted octanol–water partition coefficient (Wildman–Crippen LogP) is 5.27. The van der Waals surface area contributed by atoms with Crippen LogP contribution in [-0.2, 0) is 22.4 Å². The standard InChI is InChI=1S/C28H30N2O5/c1-4-28(2,3)18-11-14-23-21(15-18)25(20-7-5-6-8-22(20)30-23)27(34)35-16-24(31)29-19-12-9-17(10-13-19)26(32)33/h5-10,12-13,18H,4,11,14-16H2,1-3H3,(H,29,31)(H,32,33). The lowest BCUT2D eigenvalue weighted by Gasteiger charge is -2.37. The van der Waals surface area contributed by atoms with Crippen LogP contribution in [0.4, 0.5) is 5.69 Å². The number of nitrogens with one attached hydrogen (secondary N) is 1. The number of ether oxygens (including phenoxy) is 1. The molecule has 0 saturated heterocycles. The number of pyridine rings is 1. The molecule has 0 saturated carbocycles. The van der Waals surface area contributed by atoms with Gasteiger partial charge in [0, 0.05) is 16.8 Å². The lowest BCUT2D eigenvalue weighted by atomic mass is 9.68. The van der Waals surface area contributed by atoms with Gasteiger partial charge in [-0.1, -0.05) is 45.4 Å². The SMILES string of the molecule is CCC(C)(C)C1CCc2nc3ccccc3c(C(=O)OCC(=O)Nc3ccc(C(=O)O)cc3)c2C1. The van der Waals surface area contributed by atoms with E-state index >= 15 is 0 Å². The number of carbonyl (C=O) groups excluding carboxylic acids is 2. The molecule has 7 heteroatoms. The second-order valence-corrected chi connectivity index (χ2v) is 9.72. The van der Waals surface area contributed by atoms with E-state index in [1.165, 1.54) is 24.3 Å². The lowest BCUT2D eigenvalue weighted by molar-refractivity contribution is -0.119. The Bertz CT molecular complexity index is 1280. The molecule has 1 aromatic heterocycles. The number of hydrogen-bond donors (Lipinski definition) is 2. The Labute approximate surface area is 204 Å². The molecule has 0 radical (unpaired) electrons. The minimum atomic E-state index is -1.05. The summed E-state index contributed by atoms with van der Waals surface area (Å²) in [5.74, 6) is -1.66. The minimum absolute atomic E-state index is 0.119. The molecule has 1 unspecified atom stereocenters. The maximum absolute atomic E-state index is 13.3. The van der Waals surface area contributed by atoms with Crippen LogP contribution >= 0.6 is 0 Å². The molecule has 182 valence electrons. The van der Waals surface area contributed by atoms with Gasteiger partial charge in [-0.25, -0.2) is 9.59 Å². The Balaban J connectivity index is 1.55. The predicted molar refractivity (Wildman–Crippen MR) is 134 cm³/mol. The maximum atomic E-state index is 13.3. The molecular weight excluding hydrogens is 444 g/mol. The number of hydrogen-bond acceptors (Lipinski definition) is 5. The third kappa shape index (κ3) is 5.19. The van der Waals surface area contributed by atoms with E-state index in [0.717, 1.165) is 47.8 Å². The summed E-state index contributed by atoms with van der Waals surface area (Å²) in [5, 5.41) is 12.4. The molecule has 0 spiro atoms.